The molecule has 0 aromatic heterocycles. The molecule has 6 rings (SSSR count). The third-order valence-electron chi connectivity index (χ3n) is 9.25. The number of piperidine rings is 1. The molecule has 13 nitrogen and oxygen atoms in total. The van der Waals surface area contributed by atoms with Gasteiger partial charge in [-0.2, -0.15) is 0 Å². The van der Waals surface area contributed by atoms with Crippen molar-refractivity contribution in [1.29, 1.82) is 0 Å². The summed E-state index contributed by atoms with van der Waals surface area (Å²) in [5, 5.41) is 2.82. The van der Waals surface area contributed by atoms with E-state index in [4.69, 9.17) is 15.2 Å². The van der Waals surface area contributed by atoms with Gasteiger partial charge in [0.15, 0.2) is 0 Å². The SMILES string of the molecule is N/C(=N\C(=O)OCc1ccccc1)N1CCC[C@H](NC(=O)[C@@H]2CCCN2C(=O)[C@H]2Cc3ccccc3CN2C(=O)OCc2ccccc2)C1=O. The van der Waals surface area contributed by atoms with Gasteiger partial charge in [-0.3, -0.25) is 24.2 Å². The summed E-state index contributed by atoms with van der Waals surface area (Å²) in [5.74, 6) is -1.64. The molecule has 0 spiro atoms. The van der Waals surface area contributed by atoms with Crippen molar-refractivity contribution in [2.75, 3.05) is 13.1 Å². The van der Waals surface area contributed by atoms with Gasteiger partial charge in [-0.05, 0) is 47.9 Å². The molecule has 3 aliphatic rings. The molecule has 3 aromatic rings. The summed E-state index contributed by atoms with van der Waals surface area (Å²) in [7, 11) is 0. The number of amides is 5. The lowest BCUT2D eigenvalue weighted by atomic mass is 9.93. The molecule has 3 heterocycles. The number of likely N-dealkylation sites (tertiary alicyclic amines) is 2. The van der Waals surface area contributed by atoms with Crippen molar-refractivity contribution in [3.63, 3.8) is 0 Å². The number of carbonyl (C=O) groups is 5. The van der Waals surface area contributed by atoms with Crippen LogP contribution in [0.1, 0.15) is 47.9 Å². The molecule has 0 aliphatic carbocycles. The Morgan fingerprint density at radius 1 is 0.760 bits per heavy atom. The number of benzene rings is 3. The highest BCUT2D eigenvalue weighted by Crippen LogP contribution is 2.28. The largest absolute Gasteiger partial charge is 0.445 e. The summed E-state index contributed by atoms with van der Waals surface area (Å²) in [4.78, 5) is 74.9. The van der Waals surface area contributed by atoms with Crippen LogP contribution in [0.2, 0.25) is 0 Å². The van der Waals surface area contributed by atoms with Crippen LogP contribution in [-0.4, -0.2) is 81.8 Å². The predicted molar refractivity (Wildman–Crippen MR) is 182 cm³/mol. The fourth-order valence-electron chi connectivity index (χ4n) is 6.64. The van der Waals surface area contributed by atoms with Gasteiger partial charge in [0.2, 0.25) is 17.8 Å². The number of nitrogens with one attached hydrogen (secondary N) is 1. The molecule has 3 atom stereocenters. The van der Waals surface area contributed by atoms with Crippen LogP contribution in [0.5, 0.6) is 0 Å². The number of rotatable bonds is 7. The van der Waals surface area contributed by atoms with E-state index >= 15 is 0 Å². The zero-order valence-corrected chi connectivity index (χ0v) is 27.6. The number of nitrogens with zero attached hydrogens (tertiary/aromatic N) is 4. The first-order valence-corrected chi connectivity index (χ1v) is 16.8. The Hall–Kier alpha value is -5.72. The predicted octanol–water partition coefficient (Wildman–Crippen LogP) is 3.50. The van der Waals surface area contributed by atoms with E-state index in [1.807, 2.05) is 72.8 Å². The van der Waals surface area contributed by atoms with E-state index in [0.717, 1.165) is 27.2 Å². The summed E-state index contributed by atoms with van der Waals surface area (Å²) in [5.41, 5.74) is 9.52. The summed E-state index contributed by atoms with van der Waals surface area (Å²) in [6.07, 6.45) is 0.575. The molecule has 13 heteroatoms. The summed E-state index contributed by atoms with van der Waals surface area (Å²) < 4.78 is 10.8. The quantitative estimate of drug-likeness (QED) is 0.283. The zero-order valence-electron chi connectivity index (χ0n) is 27.6. The average molecular weight is 681 g/mol. The first kappa shape index (κ1) is 34.2. The highest BCUT2D eigenvalue weighted by Gasteiger charge is 2.44. The van der Waals surface area contributed by atoms with Crippen molar-refractivity contribution in [2.24, 2.45) is 10.7 Å². The minimum atomic E-state index is -0.936. The lowest BCUT2D eigenvalue weighted by Crippen LogP contribution is -2.60. The Labute approximate surface area is 290 Å². The van der Waals surface area contributed by atoms with Gasteiger partial charge in [-0.15, -0.1) is 4.99 Å². The minimum Gasteiger partial charge on any atom is -0.445 e. The van der Waals surface area contributed by atoms with E-state index < -0.39 is 42.1 Å². The lowest BCUT2D eigenvalue weighted by molar-refractivity contribution is -0.144. The smallest absolute Gasteiger partial charge is 0.437 e. The molecule has 3 aliphatic heterocycles. The molecule has 3 N–H and O–H groups in total. The maximum Gasteiger partial charge on any atom is 0.437 e. The topological polar surface area (TPSA) is 164 Å². The molecular formula is C37H40N6O7. The molecule has 2 fully saturated rings. The Morgan fingerprint density at radius 3 is 2.08 bits per heavy atom. The first-order chi connectivity index (χ1) is 24.3. The second-order valence-corrected chi connectivity index (χ2v) is 12.5. The van der Waals surface area contributed by atoms with Gasteiger partial charge in [-0.1, -0.05) is 84.9 Å². The number of nitrogens with two attached hydrogens (primary N) is 1. The summed E-state index contributed by atoms with van der Waals surface area (Å²) >= 11 is 0. The average Bonchev–Trinajstić information content (AvgIpc) is 3.64. The number of ether oxygens (including phenoxy) is 2. The van der Waals surface area contributed by atoms with Crippen LogP contribution in [0.3, 0.4) is 0 Å². The van der Waals surface area contributed by atoms with E-state index in [2.05, 4.69) is 10.3 Å². The van der Waals surface area contributed by atoms with E-state index in [-0.39, 0.29) is 44.6 Å². The third kappa shape index (κ3) is 7.94. The highest BCUT2D eigenvalue weighted by atomic mass is 16.6. The van der Waals surface area contributed by atoms with Crippen LogP contribution in [0.4, 0.5) is 9.59 Å². The molecule has 260 valence electrons. The van der Waals surface area contributed by atoms with Crippen LogP contribution < -0.4 is 11.1 Å². The van der Waals surface area contributed by atoms with Gasteiger partial charge in [0.25, 0.3) is 5.91 Å². The number of carbonyl (C=O) groups excluding carboxylic acids is 5. The maximum absolute atomic E-state index is 14.2. The van der Waals surface area contributed by atoms with E-state index in [9.17, 15) is 24.0 Å². The van der Waals surface area contributed by atoms with Crippen molar-refractivity contribution >= 4 is 35.9 Å². The second-order valence-electron chi connectivity index (χ2n) is 12.5. The molecule has 0 radical (unpaired) electrons. The van der Waals surface area contributed by atoms with Crippen molar-refractivity contribution in [2.45, 2.75) is 70.0 Å². The van der Waals surface area contributed by atoms with Crippen molar-refractivity contribution in [3.05, 3.63) is 107 Å². The van der Waals surface area contributed by atoms with Crippen LogP contribution in [0.25, 0.3) is 0 Å². The zero-order chi connectivity index (χ0) is 35.0. The molecular weight excluding hydrogens is 640 g/mol. The second kappa shape index (κ2) is 15.7. The number of aliphatic imine (C=N–C) groups is 1. The van der Waals surface area contributed by atoms with Gasteiger partial charge in [0.05, 0.1) is 6.54 Å². The van der Waals surface area contributed by atoms with Gasteiger partial charge in [0.1, 0.15) is 31.3 Å². The Balaban J connectivity index is 1.10. The Kier molecular flexibility index (Phi) is 10.7. The number of hydrogen-bond acceptors (Lipinski definition) is 7. The highest BCUT2D eigenvalue weighted by molar-refractivity contribution is 6.03. The molecule has 2 saturated heterocycles. The standard InChI is InChI=1S/C37H40N6O7/c38-35(40-36(47)49-23-25-11-3-1-4-12-25)42-20-9-17-29(33(42)45)39-32(44)30-18-10-19-41(30)34(46)31-21-27-15-7-8-16-28(27)22-43(31)37(48)50-24-26-13-5-2-6-14-26/h1-8,11-16,29-31H,9-10,17-24H2,(H,39,44)(H2,38,40,47)/t29-,30-,31+/m0/s1. The van der Waals surface area contributed by atoms with Crippen molar-refractivity contribution < 1.29 is 33.4 Å². The molecule has 5 amide bonds. The van der Waals surface area contributed by atoms with Crippen LogP contribution in [0.15, 0.2) is 89.9 Å². The molecule has 0 bridgehead atoms. The lowest BCUT2D eigenvalue weighted by Gasteiger charge is -2.38. The maximum atomic E-state index is 14.2. The number of guanidine groups is 1. The number of fused-ring (bicyclic) bond motifs is 1. The Bertz CT molecular complexity index is 1750. The normalized spacial score (nSPS) is 20.6. The summed E-state index contributed by atoms with van der Waals surface area (Å²) in [6, 6.07) is 23.4. The molecule has 0 saturated carbocycles. The minimum absolute atomic E-state index is 0.000306. The first-order valence-electron chi connectivity index (χ1n) is 16.8. The molecule has 0 unspecified atom stereocenters. The van der Waals surface area contributed by atoms with Gasteiger partial charge < -0.3 is 25.4 Å². The third-order valence-corrected chi connectivity index (χ3v) is 9.25. The van der Waals surface area contributed by atoms with Gasteiger partial charge in [0, 0.05) is 19.5 Å². The van der Waals surface area contributed by atoms with Crippen LogP contribution in [0, 0.1) is 0 Å². The van der Waals surface area contributed by atoms with E-state index in [0.29, 0.717) is 32.2 Å². The Morgan fingerprint density at radius 2 is 1.38 bits per heavy atom. The van der Waals surface area contributed by atoms with Gasteiger partial charge in [-0.25, -0.2) is 9.59 Å². The van der Waals surface area contributed by atoms with E-state index in [1.165, 1.54) is 9.80 Å². The monoisotopic (exact) mass is 680 g/mol. The fourth-order valence-corrected chi connectivity index (χ4v) is 6.64. The van der Waals surface area contributed by atoms with Crippen molar-refractivity contribution in [3.8, 4) is 0 Å². The van der Waals surface area contributed by atoms with Gasteiger partial charge >= 0.3 is 12.2 Å². The van der Waals surface area contributed by atoms with Crippen LogP contribution in [-0.2, 0) is 50.0 Å². The molecule has 50 heavy (non-hydrogen) atoms. The van der Waals surface area contributed by atoms with Crippen LogP contribution >= 0.6 is 0 Å². The van der Waals surface area contributed by atoms with Crippen molar-refractivity contribution in [1.82, 2.24) is 20.0 Å². The molecule has 3 aromatic carbocycles. The van der Waals surface area contributed by atoms with E-state index in [1.54, 1.807) is 12.1 Å². The fraction of sp³-hybridized carbons (Fsp3) is 0.351. The summed E-state index contributed by atoms with van der Waals surface area (Å²) in [6.45, 7) is 0.807. The number of hydrogen-bond donors (Lipinski definition) is 2.